The summed E-state index contributed by atoms with van der Waals surface area (Å²) >= 11 is 5.07. The Balaban J connectivity index is 2.43. The summed E-state index contributed by atoms with van der Waals surface area (Å²) in [6, 6.07) is 0.764. The zero-order valence-corrected chi connectivity index (χ0v) is 12.4. The molecule has 0 bridgehead atoms. The van der Waals surface area contributed by atoms with Gasteiger partial charge in [-0.3, -0.25) is 4.90 Å². The number of nitrogens with two attached hydrogens (primary N) is 1. The van der Waals surface area contributed by atoms with Crippen molar-refractivity contribution in [2.75, 3.05) is 13.1 Å². The first-order valence-electron chi connectivity index (χ1n) is 7.11. The predicted octanol–water partition coefficient (Wildman–Crippen LogP) is 3.20. The van der Waals surface area contributed by atoms with Crippen molar-refractivity contribution in [2.45, 2.75) is 58.9 Å². The Hall–Kier alpha value is -0.150. The molecule has 0 spiro atoms. The van der Waals surface area contributed by atoms with Crippen molar-refractivity contribution in [2.24, 2.45) is 17.6 Å². The lowest BCUT2D eigenvalue weighted by Crippen LogP contribution is -2.42. The van der Waals surface area contributed by atoms with Gasteiger partial charge in [0.05, 0.1) is 4.99 Å². The van der Waals surface area contributed by atoms with Crippen LogP contribution in [0.25, 0.3) is 0 Å². The van der Waals surface area contributed by atoms with Gasteiger partial charge in [0, 0.05) is 18.5 Å². The van der Waals surface area contributed by atoms with Gasteiger partial charge in [0.15, 0.2) is 0 Å². The van der Waals surface area contributed by atoms with E-state index < -0.39 is 0 Å². The van der Waals surface area contributed by atoms with Crippen molar-refractivity contribution in [1.29, 1.82) is 0 Å². The van der Waals surface area contributed by atoms with Gasteiger partial charge < -0.3 is 5.73 Å². The molecule has 0 aromatic rings. The fraction of sp³-hybridized carbons (Fsp3) is 0.929. The van der Waals surface area contributed by atoms with Gasteiger partial charge in [0.25, 0.3) is 0 Å². The van der Waals surface area contributed by atoms with E-state index in [4.69, 9.17) is 18.0 Å². The van der Waals surface area contributed by atoms with Crippen molar-refractivity contribution in [1.82, 2.24) is 4.90 Å². The molecule has 0 aromatic heterocycles. The van der Waals surface area contributed by atoms with E-state index in [1.165, 1.54) is 32.1 Å². The summed E-state index contributed by atoms with van der Waals surface area (Å²) in [6.45, 7) is 8.86. The van der Waals surface area contributed by atoms with Crippen LogP contribution in [0, 0.1) is 11.8 Å². The maximum Gasteiger partial charge on any atom is 0.0768 e. The van der Waals surface area contributed by atoms with Crippen molar-refractivity contribution in [3.05, 3.63) is 0 Å². The summed E-state index contributed by atoms with van der Waals surface area (Å²) in [4.78, 5) is 3.24. The number of thiocarbonyl (C=S) groups is 1. The molecule has 3 heteroatoms. The average molecular weight is 256 g/mol. The second kappa shape index (κ2) is 7.32. The highest BCUT2D eigenvalue weighted by atomic mass is 32.1. The van der Waals surface area contributed by atoms with Crippen LogP contribution >= 0.6 is 12.2 Å². The maximum absolute atomic E-state index is 5.72. The van der Waals surface area contributed by atoms with Gasteiger partial charge >= 0.3 is 0 Å². The first-order chi connectivity index (χ1) is 8.08. The monoisotopic (exact) mass is 256 g/mol. The molecule has 1 aliphatic rings. The molecule has 0 aliphatic heterocycles. The second-order valence-electron chi connectivity index (χ2n) is 5.47. The van der Waals surface area contributed by atoms with Gasteiger partial charge in [-0.1, -0.05) is 39.4 Å². The smallest absolute Gasteiger partial charge is 0.0768 e. The molecule has 0 heterocycles. The molecule has 1 atom stereocenters. The Morgan fingerprint density at radius 2 is 1.88 bits per heavy atom. The van der Waals surface area contributed by atoms with Gasteiger partial charge in [0.1, 0.15) is 0 Å². The lowest BCUT2D eigenvalue weighted by Gasteiger charge is -2.37. The summed E-state index contributed by atoms with van der Waals surface area (Å²) in [5.74, 6) is 1.31. The largest absolute Gasteiger partial charge is 0.393 e. The minimum atomic E-state index is 0.342. The quantitative estimate of drug-likeness (QED) is 0.740. The molecular weight excluding hydrogens is 228 g/mol. The van der Waals surface area contributed by atoms with Crippen LogP contribution in [0.2, 0.25) is 0 Å². The Labute approximate surface area is 112 Å². The van der Waals surface area contributed by atoms with Crippen LogP contribution < -0.4 is 5.73 Å². The highest BCUT2D eigenvalue weighted by molar-refractivity contribution is 7.80. The van der Waals surface area contributed by atoms with E-state index in [1.54, 1.807) is 0 Å². The number of nitrogens with zero attached hydrogens (tertiary/aromatic N) is 1. The fourth-order valence-electron chi connectivity index (χ4n) is 2.90. The van der Waals surface area contributed by atoms with Gasteiger partial charge in [-0.2, -0.15) is 0 Å². The van der Waals surface area contributed by atoms with Crippen molar-refractivity contribution in [3.63, 3.8) is 0 Å². The molecule has 0 saturated heterocycles. The molecule has 0 amide bonds. The van der Waals surface area contributed by atoms with Gasteiger partial charge in [0.2, 0.25) is 0 Å². The summed E-state index contributed by atoms with van der Waals surface area (Å²) in [5, 5.41) is 0. The van der Waals surface area contributed by atoms with Crippen molar-refractivity contribution >= 4 is 17.2 Å². The number of hydrogen-bond acceptors (Lipinski definition) is 2. The molecule has 17 heavy (non-hydrogen) atoms. The van der Waals surface area contributed by atoms with Crippen molar-refractivity contribution in [3.8, 4) is 0 Å². The van der Waals surface area contributed by atoms with Crippen molar-refractivity contribution < 1.29 is 0 Å². The SMILES string of the molecule is CCC1CCC(N(CC)CC(C)C(N)=S)CC1. The van der Waals surface area contributed by atoms with E-state index >= 15 is 0 Å². The minimum Gasteiger partial charge on any atom is -0.393 e. The maximum atomic E-state index is 5.72. The van der Waals surface area contributed by atoms with E-state index in [2.05, 4.69) is 25.7 Å². The zero-order chi connectivity index (χ0) is 12.8. The third kappa shape index (κ3) is 4.55. The van der Waals surface area contributed by atoms with E-state index in [9.17, 15) is 0 Å². The standard InChI is InChI=1S/C14H28N2S/c1-4-12-6-8-13(9-7-12)16(5-2)10-11(3)14(15)17/h11-13H,4-10H2,1-3H3,(H2,15,17). The zero-order valence-electron chi connectivity index (χ0n) is 11.6. The first kappa shape index (κ1) is 14.9. The Bertz CT molecular complexity index is 234. The normalized spacial score (nSPS) is 27.1. The van der Waals surface area contributed by atoms with Crippen LogP contribution in [-0.4, -0.2) is 29.0 Å². The predicted molar refractivity (Wildman–Crippen MR) is 79.2 cm³/mol. The van der Waals surface area contributed by atoms with E-state index in [0.29, 0.717) is 10.9 Å². The molecule has 0 aromatic carbocycles. The molecule has 1 aliphatic carbocycles. The Morgan fingerprint density at radius 3 is 2.29 bits per heavy atom. The molecule has 1 unspecified atom stereocenters. The summed E-state index contributed by atoms with van der Waals surface area (Å²) in [7, 11) is 0. The fourth-order valence-corrected chi connectivity index (χ4v) is 2.97. The lowest BCUT2D eigenvalue weighted by atomic mass is 9.83. The third-order valence-electron chi connectivity index (χ3n) is 4.31. The molecule has 1 saturated carbocycles. The molecule has 0 radical (unpaired) electrons. The Kier molecular flexibility index (Phi) is 6.42. The molecule has 2 N–H and O–H groups in total. The van der Waals surface area contributed by atoms with E-state index in [-0.39, 0.29) is 0 Å². The summed E-state index contributed by atoms with van der Waals surface area (Å²) in [5.41, 5.74) is 5.72. The van der Waals surface area contributed by atoms with Crippen LogP contribution in [-0.2, 0) is 0 Å². The number of rotatable bonds is 6. The van der Waals surface area contributed by atoms with Crippen LogP contribution in [0.5, 0.6) is 0 Å². The first-order valence-corrected chi connectivity index (χ1v) is 7.52. The highest BCUT2D eigenvalue weighted by Crippen LogP contribution is 2.29. The average Bonchev–Trinajstić information content (AvgIpc) is 2.35. The molecule has 2 nitrogen and oxygen atoms in total. The lowest BCUT2D eigenvalue weighted by molar-refractivity contribution is 0.134. The summed E-state index contributed by atoms with van der Waals surface area (Å²) in [6.07, 6.45) is 6.87. The molecule has 100 valence electrons. The van der Waals surface area contributed by atoms with Gasteiger partial charge in [-0.05, 0) is 38.1 Å². The molecule has 1 rings (SSSR count). The number of hydrogen-bond donors (Lipinski definition) is 1. The molecule has 1 fully saturated rings. The van der Waals surface area contributed by atoms with E-state index in [0.717, 1.165) is 25.0 Å². The summed E-state index contributed by atoms with van der Waals surface area (Å²) < 4.78 is 0. The van der Waals surface area contributed by atoms with E-state index in [1.807, 2.05) is 0 Å². The van der Waals surface area contributed by atoms with Crippen LogP contribution in [0.15, 0.2) is 0 Å². The van der Waals surface area contributed by atoms with Crippen LogP contribution in [0.3, 0.4) is 0 Å². The minimum absolute atomic E-state index is 0.342. The molecular formula is C14H28N2S. The topological polar surface area (TPSA) is 29.3 Å². The highest BCUT2D eigenvalue weighted by Gasteiger charge is 2.25. The Morgan fingerprint density at radius 1 is 1.29 bits per heavy atom. The van der Waals surface area contributed by atoms with Gasteiger partial charge in [-0.25, -0.2) is 0 Å². The van der Waals surface area contributed by atoms with Gasteiger partial charge in [-0.15, -0.1) is 0 Å². The van der Waals surface area contributed by atoms with Crippen LogP contribution in [0.4, 0.5) is 0 Å². The van der Waals surface area contributed by atoms with Crippen LogP contribution in [0.1, 0.15) is 52.9 Å². The second-order valence-corrected chi connectivity index (χ2v) is 5.95. The third-order valence-corrected chi connectivity index (χ3v) is 4.71.